The van der Waals surface area contributed by atoms with Crippen LogP contribution in [0.3, 0.4) is 0 Å². The van der Waals surface area contributed by atoms with E-state index in [0.29, 0.717) is 19.5 Å². The molecular weight excluding hydrogens is 262 g/mol. The zero-order valence-corrected chi connectivity index (χ0v) is 12.0. The smallest absolute Gasteiger partial charge is 0.247 e. The van der Waals surface area contributed by atoms with Crippen molar-refractivity contribution in [1.29, 1.82) is 0 Å². The molecule has 2 heterocycles. The summed E-state index contributed by atoms with van der Waals surface area (Å²) in [5.74, 6) is -0.631. The van der Waals surface area contributed by atoms with Gasteiger partial charge in [0.1, 0.15) is 6.04 Å². The molecule has 0 radical (unpaired) electrons. The number of amides is 3. The molecule has 2 aliphatic rings. The summed E-state index contributed by atoms with van der Waals surface area (Å²) in [6.07, 6.45) is -0.175. The maximum absolute atomic E-state index is 12.4. The lowest BCUT2D eigenvalue weighted by Crippen LogP contribution is -2.71. The number of hydrogen-bond donors (Lipinski definition) is 2. The average Bonchev–Trinajstić information content (AvgIpc) is 2.37. The van der Waals surface area contributed by atoms with E-state index in [-0.39, 0.29) is 24.1 Å². The van der Waals surface area contributed by atoms with Gasteiger partial charge in [0, 0.05) is 33.6 Å². The van der Waals surface area contributed by atoms with Crippen molar-refractivity contribution in [3.8, 4) is 0 Å². The van der Waals surface area contributed by atoms with Gasteiger partial charge in [-0.1, -0.05) is 0 Å². The zero-order chi connectivity index (χ0) is 15.1. The fourth-order valence-electron chi connectivity index (χ4n) is 2.99. The number of rotatable bonds is 3. The summed E-state index contributed by atoms with van der Waals surface area (Å²) in [5.41, 5.74) is -0.665. The minimum atomic E-state index is -0.941. The molecule has 2 saturated heterocycles. The van der Waals surface area contributed by atoms with Gasteiger partial charge < -0.3 is 20.2 Å². The van der Waals surface area contributed by atoms with Crippen LogP contribution in [0.25, 0.3) is 0 Å². The van der Waals surface area contributed by atoms with Crippen LogP contribution in [0.2, 0.25) is 0 Å². The van der Waals surface area contributed by atoms with Crippen LogP contribution in [-0.4, -0.2) is 72.0 Å². The third-order valence-corrected chi connectivity index (χ3v) is 4.10. The summed E-state index contributed by atoms with van der Waals surface area (Å²) >= 11 is 0. The number of carbonyl (C=O) groups excluding carboxylic acids is 3. The fraction of sp³-hybridized carbons (Fsp3) is 0.769. The molecule has 1 spiro atoms. The number of β-lactam (4-membered cyclic amide) rings is 1. The first-order valence-electron chi connectivity index (χ1n) is 6.75. The molecule has 20 heavy (non-hydrogen) atoms. The van der Waals surface area contributed by atoms with E-state index in [4.69, 9.17) is 0 Å². The zero-order valence-electron chi connectivity index (χ0n) is 12.0. The molecule has 2 rings (SSSR count). The van der Waals surface area contributed by atoms with E-state index in [9.17, 15) is 19.5 Å². The molecule has 3 amide bonds. The maximum Gasteiger partial charge on any atom is 0.247 e. The highest BCUT2D eigenvalue weighted by Gasteiger charge is 2.57. The molecular formula is C13H21N3O4. The second-order valence-electron chi connectivity index (χ2n) is 5.91. The van der Waals surface area contributed by atoms with Gasteiger partial charge in [0.05, 0.1) is 11.5 Å². The second-order valence-corrected chi connectivity index (χ2v) is 5.91. The van der Waals surface area contributed by atoms with Crippen LogP contribution in [0.15, 0.2) is 0 Å². The van der Waals surface area contributed by atoms with Crippen LogP contribution in [-0.2, 0) is 14.4 Å². The van der Waals surface area contributed by atoms with Crippen molar-refractivity contribution in [2.45, 2.75) is 31.9 Å². The van der Waals surface area contributed by atoms with E-state index in [0.717, 1.165) is 0 Å². The highest BCUT2D eigenvalue weighted by Crippen LogP contribution is 2.42. The van der Waals surface area contributed by atoms with Gasteiger partial charge in [0.2, 0.25) is 17.7 Å². The first-order valence-corrected chi connectivity index (χ1v) is 6.75. The summed E-state index contributed by atoms with van der Waals surface area (Å²) < 4.78 is 0. The van der Waals surface area contributed by atoms with Crippen LogP contribution in [0.4, 0.5) is 0 Å². The second kappa shape index (κ2) is 5.05. The Hall–Kier alpha value is -1.63. The van der Waals surface area contributed by atoms with Crippen molar-refractivity contribution in [2.75, 3.05) is 27.2 Å². The van der Waals surface area contributed by atoms with Crippen LogP contribution in [0.5, 0.6) is 0 Å². The minimum Gasteiger partial charge on any atom is -0.391 e. The molecule has 7 heteroatoms. The average molecular weight is 283 g/mol. The van der Waals surface area contributed by atoms with E-state index in [1.165, 1.54) is 16.7 Å². The number of nitrogens with one attached hydrogen (secondary N) is 1. The predicted molar refractivity (Wildman–Crippen MR) is 70.6 cm³/mol. The number of aliphatic hydroxyl groups excluding tert-OH is 1. The number of carbonyl (C=O) groups is 3. The van der Waals surface area contributed by atoms with Gasteiger partial charge in [-0.15, -0.1) is 0 Å². The first kappa shape index (κ1) is 14.8. The highest BCUT2D eigenvalue weighted by atomic mass is 16.3. The van der Waals surface area contributed by atoms with Crippen LogP contribution >= 0.6 is 0 Å². The van der Waals surface area contributed by atoms with Crippen LogP contribution in [0.1, 0.15) is 19.8 Å². The van der Waals surface area contributed by atoms with Crippen LogP contribution < -0.4 is 5.32 Å². The van der Waals surface area contributed by atoms with Crippen molar-refractivity contribution in [2.24, 2.45) is 5.41 Å². The van der Waals surface area contributed by atoms with Gasteiger partial charge in [0.25, 0.3) is 0 Å². The Morgan fingerprint density at radius 3 is 2.55 bits per heavy atom. The summed E-state index contributed by atoms with van der Waals surface area (Å²) in [6.45, 7) is 2.34. The quantitative estimate of drug-likeness (QED) is 0.621. The van der Waals surface area contributed by atoms with Gasteiger partial charge in [-0.05, 0) is 13.3 Å². The molecule has 0 saturated carbocycles. The SMILES string of the molecule is CC(O)C(C(=O)N(C)C)N1CC2(CCNC(=O)C2)C1=O. The van der Waals surface area contributed by atoms with Crippen molar-refractivity contribution >= 4 is 17.7 Å². The van der Waals surface area contributed by atoms with E-state index in [1.54, 1.807) is 14.1 Å². The third kappa shape index (κ3) is 2.26. The minimum absolute atomic E-state index is 0.128. The molecule has 2 N–H and O–H groups in total. The molecule has 2 fully saturated rings. The first-order chi connectivity index (χ1) is 9.28. The number of hydrogen-bond acceptors (Lipinski definition) is 4. The molecule has 7 nitrogen and oxygen atoms in total. The maximum atomic E-state index is 12.4. The van der Waals surface area contributed by atoms with Gasteiger partial charge >= 0.3 is 0 Å². The van der Waals surface area contributed by atoms with Gasteiger partial charge in [-0.2, -0.15) is 0 Å². The fourth-order valence-corrected chi connectivity index (χ4v) is 2.99. The Morgan fingerprint density at radius 1 is 1.45 bits per heavy atom. The summed E-state index contributed by atoms with van der Waals surface area (Å²) in [4.78, 5) is 38.7. The number of likely N-dealkylation sites (tertiary alicyclic amines) is 1. The van der Waals surface area contributed by atoms with E-state index in [2.05, 4.69) is 5.32 Å². The van der Waals surface area contributed by atoms with Gasteiger partial charge in [-0.3, -0.25) is 14.4 Å². The lowest BCUT2D eigenvalue weighted by atomic mass is 9.70. The lowest BCUT2D eigenvalue weighted by Gasteiger charge is -2.53. The highest BCUT2D eigenvalue weighted by molar-refractivity contribution is 5.98. The normalized spacial score (nSPS) is 28.7. The van der Waals surface area contributed by atoms with Gasteiger partial charge in [-0.25, -0.2) is 0 Å². The molecule has 0 aliphatic carbocycles. The molecule has 0 aromatic rings. The topological polar surface area (TPSA) is 89.9 Å². The summed E-state index contributed by atoms with van der Waals surface area (Å²) in [7, 11) is 3.18. The molecule has 0 aromatic heterocycles. The van der Waals surface area contributed by atoms with E-state index >= 15 is 0 Å². The van der Waals surface area contributed by atoms with Gasteiger partial charge in [0.15, 0.2) is 0 Å². The van der Waals surface area contributed by atoms with E-state index < -0.39 is 17.6 Å². The monoisotopic (exact) mass is 283 g/mol. The molecule has 3 atom stereocenters. The Kier molecular flexibility index (Phi) is 3.73. The van der Waals surface area contributed by atoms with E-state index in [1.807, 2.05) is 0 Å². The Labute approximate surface area is 117 Å². The van der Waals surface area contributed by atoms with Crippen molar-refractivity contribution in [3.63, 3.8) is 0 Å². The molecule has 112 valence electrons. The number of piperidine rings is 1. The lowest BCUT2D eigenvalue weighted by molar-refractivity contribution is -0.178. The largest absolute Gasteiger partial charge is 0.391 e. The number of nitrogens with zero attached hydrogens (tertiary/aromatic N) is 2. The Morgan fingerprint density at radius 2 is 2.10 bits per heavy atom. The molecule has 3 unspecified atom stereocenters. The standard InChI is InChI=1S/C13H21N3O4/c1-8(17)10(11(19)15(2)3)16-7-13(12(16)20)4-5-14-9(18)6-13/h8,10,17H,4-7H2,1-3H3,(H,14,18). The van der Waals surface area contributed by atoms with Crippen molar-refractivity contribution < 1.29 is 19.5 Å². The third-order valence-electron chi connectivity index (χ3n) is 4.10. The molecule has 0 bridgehead atoms. The molecule has 2 aliphatic heterocycles. The Balaban J connectivity index is 2.13. The van der Waals surface area contributed by atoms with Crippen molar-refractivity contribution in [1.82, 2.24) is 15.1 Å². The molecule has 0 aromatic carbocycles. The number of likely N-dealkylation sites (N-methyl/N-ethyl adjacent to an activating group) is 1. The Bertz CT molecular complexity index is 449. The summed E-state index contributed by atoms with van der Waals surface area (Å²) in [5, 5.41) is 12.5. The predicted octanol–water partition coefficient (Wildman–Crippen LogP) is -1.44. The van der Waals surface area contributed by atoms with Crippen molar-refractivity contribution in [3.05, 3.63) is 0 Å². The van der Waals surface area contributed by atoms with Crippen LogP contribution in [0, 0.1) is 5.41 Å². The summed E-state index contributed by atoms with van der Waals surface area (Å²) in [6, 6.07) is -0.867. The number of aliphatic hydroxyl groups is 1.